The van der Waals surface area contributed by atoms with Gasteiger partial charge < -0.3 is 5.11 Å². The maximum Gasteiger partial charge on any atom is 1.00 e. The van der Waals surface area contributed by atoms with Crippen molar-refractivity contribution in [2.75, 3.05) is 0 Å². The van der Waals surface area contributed by atoms with Crippen molar-refractivity contribution in [1.29, 1.82) is 0 Å². The summed E-state index contributed by atoms with van der Waals surface area (Å²) in [6.45, 7) is 0. The quantitative estimate of drug-likeness (QED) is 0.230. The molecular formula is C9H6FNaO2. The predicted molar refractivity (Wildman–Crippen MR) is 39.9 cm³/mol. The topological polar surface area (TPSA) is 40.1 Å². The fourth-order valence-corrected chi connectivity index (χ4v) is 0.800. The summed E-state index contributed by atoms with van der Waals surface area (Å²) in [7, 11) is 0. The molecule has 0 saturated heterocycles. The maximum absolute atomic E-state index is 12.5. The van der Waals surface area contributed by atoms with Crippen LogP contribution in [0.2, 0.25) is 0 Å². The number of carbonyl (C=O) groups is 1. The Hall–Kier alpha value is -0.640. The van der Waals surface area contributed by atoms with Crippen LogP contribution in [0.3, 0.4) is 0 Å². The number of halogens is 1. The van der Waals surface area contributed by atoms with Crippen molar-refractivity contribution in [1.82, 2.24) is 0 Å². The molecule has 2 nitrogen and oxygen atoms in total. The average Bonchev–Trinajstić information content (AvgIpc) is 2.05. The molecule has 0 aromatic heterocycles. The van der Waals surface area contributed by atoms with Crippen molar-refractivity contribution in [3.63, 3.8) is 0 Å². The molecule has 0 spiro atoms. The summed E-state index contributed by atoms with van der Waals surface area (Å²) < 4.78 is 12.5. The van der Waals surface area contributed by atoms with Crippen LogP contribution >= 0.6 is 0 Å². The van der Waals surface area contributed by atoms with Crippen molar-refractivity contribution in [3.05, 3.63) is 48.0 Å². The Morgan fingerprint density at radius 2 is 2.15 bits per heavy atom. The molecule has 0 heterocycles. The van der Waals surface area contributed by atoms with Gasteiger partial charge in [0.05, 0.1) is 0 Å². The number of hydrogen-bond acceptors (Lipinski definition) is 2. The van der Waals surface area contributed by atoms with E-state index in [1.807, 2.05) is 0 Å². The maximum atomic E-state index is 12.5. The first-order chi connectivity index (χ1) is 5.74. The second-order valence-electron chi connectivity index (χ2n) is 2.18. The van der Waals surface area contributed by atoms with Gasteiger partial charge in [0, 0.05) is 5.56 Å². The molecule has 0 unspecified atom stereocenters. The summed E-state index contributed by atoms with van der Waals surface area (Å²) in [5.41, 5.74) is 0.183. The van der Waals surface area contributed by atoms with E-state index in [9.17, 15) is 14.3 Å². The molecule has 4 heteroatoms. The Kier molecular flexibility index (Phi) is 5.62. The molecule has 0 fully saturated rings. The monoisotopic (exact) mass is 188 g/mol. The molecule has 0 radical (unpaired) electrons. The minimum Gasteiger partial charge on any atom is -0.878 e. The average molecular weight is 188 g/mol. The van der Waals surface area contributed by atoms with Gasteiger partial charge in [-0.2, -0.15) is 0 Å². The first-order valence-corrected chi connectivity index (χ1v) is 3.32. The zero-order valence-corrected chi connectivity index (χ0v) is 9.16. The minimum absolute atomic E-state index is 0. The molecule has 0 aliphatic carbocycles. The van der Waals surface area contributed by atoms with Gasteiger partial charge >= 0.3 is 29.6 Å². The summed E-state index contributed by atoms with van der Waals surface area (Å²) in [5.74, 6) is -0.968. The van der Waals surface area contributed by atoms with Gasteiger partial charge in [0.2, 0.25) is 0 Å². The van der Waals surface area contributed by atoms with E-state index in [4.69, 9.17) is 0 Å². The molecule has 0 aliphatic heterocycles. The molecule has 0 atom stereocenters. The van der Waals surface area contributed by atoms with Gasteiger partial charge in [0.25, 0.3) is 0 Å². The molecule has 0 amide bonds. The number of allylic oxidation sites excluding steroid dienone is 1. The van der Waals surface area contributed by atoms with Gasteiger partial charge in [-0.05, 0) is 18.2 Å². The Morgan fingerprint density at radius 1 is 1.46 bits per heavy atom. The number of benzene rings is 1. The molecule has 62 valence electrons. The van der Waals surface area contributed by atoms with Gasteiger partial charge in [0.15, 0.2) is 5.78 Å². The fourth-order valence-electron chi connectivity index (χ4n) is 0.800. The van der Waals surface area contributed by atoms with Crippen molar-refractivity contribution in [2.24, 2.45) is 0 Å². The Balaban J connectivity index is 0.00000144. The van der Waals surface area contributed by atoms with Crippen LogP contribution < -0.4 is 34.7 Å². The van der Waals surface area contributed by atoms with Crippen molar-refractivity contribution >= 4 is 5.78 Å². The normalized spacial score (nSPS) is 9.62. The molecule has 0 aliphatic rings. The third-order valence-corrected chi connectivity index (χ3v) is 1.33. The number of hydrogen-bond donors (Lipinski definition) is 0. The van der Waals surface area contributed by atoms with Crippen LogP contribution in [0.5, 0.6) is 0 Å². The van der Waals surface area contributed by atoms with E-state index in [0.717, 1.165) is 12.1 Å². The van der Waals surface area contributed by atoms with Crippen LogP contribution in [0.4, 0.5) is 4.39 Å². The summed E-state index contributed by atoms with van der Waals surface area (Å²) in [6.07, 6.45) is 1.24. The van der Waals surface area contributed by atoms with Crippen LogP contribution in [-0.2, 0) is 0 Å². The first kappa shape index (κ1) is 12.4. The van der Waals surface area contributed by atoms with Gasteiger partial charge in [-0.3, -0.25) is 4.79 Å². The predicted octanol–water partition coefficient (Wildman–Crippen LogP) is -2.11. The van der Waals surface area contributed by atoms with E-state index >= 15 is 0 Å². The standard InChI is InChI=1S/C9H7FO2.Na/c10-8-3-1-2-7(6-8)9(12)4-5-11;/h1-6,11H;/q;+1/p-1. The molecule has 0 saturated carbocycles. The second kappa shape index (κ2) is 5.91. The van der Waals surface area contributed by atoms with E-state index in [0.29, 0.717) is 6.26 Å². The van der Waals surface area contributed by atoms with Crippen LogP contribution in [0, 0.1) is 5.82 Å². The van der Waals surface area contributed by atoms with Gasteiger partial charge in [-0.1, -0.05) is 12.1 Å². The van der Waals surface area contributed by atoms with Crippen LogP contribution in [0.1, 0.15) is 10.4 Å². The van der Waals surface area contributed by atoms with Crippen LogP contribution in [0.15, 0.2) is 36.6 Å². The van der Waals surface area contributed by atoms with Crippen LogP contribution in [0.25, 0.3) is 0 Å². The van der Waals surface area contributed by atoms with Crippen molar-refractivity contribution in [3.8, 4) is 0 Å². The minimum atomic E-state index is -0.486. The molecule has 0 N–H and O–H groups in total. The Morgan fingerprint density at radius 3 is 2.69 bits per heavy atom. The Bertz CT molecular complexity index is 323. The molecule has 13 heavy (non-hydrogen) atoms. The SMILES string of the molecule is O=C(C=C[O-])c1cccc(F)c1.[Na+]. The number of carbonyl (C=O) groups excluding carboxylic acids is 1. The summed E-state index contributed by atoms with van der Waals surface area (Å²) in [5, 5.41) is 9.90. The van der Waals surface area contributed by atoms with E-state index in [1.54, 1.807) is 0 Å². The van der Waals surface area contributed by atoms with Crippen molar-refractivity contribution < 1.29 is 43.8 Å². The van der Waals surface area contributed by atoms with Gasteiger partial charge in [-0.25, -0.2) is 4.39 Å². The van der Waals surface area contributed by atoms with Gasteiger partial charge in [0.1, 0.15) is 5.82 Å². The first-order valence-electron chi connectivity index (χ1n) is 3.32. The van der Waals surface area contributed by atoms with E-state index in [2.05, 4.69) is 0 Å². The van der Waals surface area contributed by atoms with E-state index < -0.39 is 11.6 Å². The van der Waals surface area contributed by atoms with E-state index in [1.165, 1.54) is 18.2 Å². The van der Waals surface area contributed by atoms with Gasteiger partial charge in [-0.15, -0.1) is 6.26 Å². The molecule has 0 bridgehead atoms. The summed E-state index contributed by atoms with van der Waals surface area (Å²) in [6, 6.07) is 5.19. The molecule has 1 aromatic carbocycles. The largest absolute Gasteiger partial charge is 1.00 e. The van der Waals surface area contributed by atoms with E-state index in [-0.39, 0.29) is 35.1 Å². The zero-order chi connectivity index (χ0) is 8.97. The van der Waals surface area contributed by atoms with Crippen molar-refractivity contribution in [2.45, 2.75) is 0 Å². The summed E-state index contributed by atoms with van der Waals surface area (Å²) >= 11 is 0. The zero-order valence-electron chi connectivity index (χ0n) is 7.16. The van der Waals surface area contributed by atoms with Crippen LogP contribution in [-0.4, -0.2) is 5.78 Å². The number of ketones is 1. The third-order valence-electron chi connectivity index (χ3n) is 1.33. The fraction of sp³-hybridized carbons (Fsp3) is 0. The number of rotatable bonds is 2. The molecule has 1 aromatic rings. The Labute approximate surface area is 97.4 Å². The summed E-state index contributed by atoms with van der Waals surface area (Å²) in [4.78, 5) is 10.9. The molecule has 1 rings (SSSR count). The third kappa shape index (κ3) is 3.72. The smallest absolute Gasteiger partial charge is 0.878 e. The second-order valence-corrected chi connectivity index (χ2v) is 2.18. The molecular weight excluding hydrogens is 182 g/mol.